The molecule has 0 aliphatic carbocycles. The number of aromatic nitrogens is 3. The van der Waals surface area contributed by atoms with Gasteiger partial charge in [0.2, 0.25) is 5.91 Å². The van der Waals surface area contributed by atoms with Gasteiger partial charge >= 0.3 is 0 Å². The van der Waals surface area contributed by atoms with Gasteiger partial charge in [0.15, 0.2) is 11.0 Å². The molecule has 0 aliphatic heterocycles. The highest BCUT2D eigenvalue weighted by Crippen LogP contribution is 2.34. The van der Waals surface area contributed by atoms with Crippen LogP contribution in [0.2, 0.25) is 15.1 Å². The number of benzene rings is 2. The molecule has 29 heavy (non-hydrogen) atoms. The maximum Gasteiger partial charge on any atom is 0.237 e. The van der Waals surface area contributed by atoms with Crippen molar-refractivity contribution < 1.29 is 4.79 Å². The molecule has 1 atom stereocenters. The first-order valence-corrected chi connectivity index (χ1v) is 10.6. The van der Waals surface area contributed by atoms with Crippen LogP contribution in [0.1, 0.15) is 6.92 Å². The maximum absolute atomic E-state index is 12.7. The molecular weight excluding hydrogens is 451 g/mol. The number of carbonyl (C=O) groups excluding carboxylic acids is 1. The van der Waals surface area contributed by atoms with Crippen molar-refractivity contribution in [2.75, 3.05) is 5.32 Å². The number of allylic oxidation sites excluding steroid dienone is 1. The van der Waals surface area contributed by atoms with E-state index in [0.717, 1.165) is 5.56 Å². The Bertz CT molecular complexity index is 1020. The van der Waals surface area contributed by atoms with E-state index in [-0.39, 0.29) is 16.0 Å². The summed E-state index contributed by atoms with van der Waals surface area (Å²) < 4.78 is 1.92. The van der Waals surface area contributed by atoms with Gasteiger partial charge in [-0.25, -0.2) is 0 Å². The number of amides is 1. The van der Waals surface area contributed by atoms with Gasteiger partial charge in [0.25, 0.3) is 0 Å². The van der Waals surface area contributed by atoms with Crippen LogP contribution >= 0.6 is 46.6 Å². The van der Waals surface area contributed by atoms with E-state index in [1.165, 1.54) is 23.9 Å². The van der Waals surface area contributed by atoms with Gasteiger partial charge in [0.05, 0.1) is 21.0 Å². The molecule has 3 rings (SSSR count). The minimum Gasteiger partial charge on any atom is -0.323 e. The second-order valence-electron chi connectivity index (χ2n) is 6.07. The largest absolute Gasteiger partial charge is 0.323 e. The van der Waals surface area contributed by atoms with E-state index >= 15 is 0 Å². The van der Waals surface area contributed by atoms with Gasteiger partial charge in [-0.05, 0) is 19.1 Å². The van der Waals surface area contributed by atoms with Crippen LogP contribution in [0.25, 0.3) is 11.4 Å². The number of thioether (sulfide) groups is 1. The number of nitrogens with zero attached hydrogens (tertiary/aromatic N) is 3. The normalized spacial score (nSPS) is 11.9. The predicted molar refractivity (Wildman–Crippen MR) is 121 cm³/mol. The van der Waals surface area contributed by atoms with E-state index in [1.807, 2.05) is 34.9 Å². The second kappa shape index (κ2) is 9.67. The fourth-order valence-corrected chi connectivity index (χ4v) is 4.34. The Kier molecular flexibility index (Phi) is 7.24. The van der Waals surface area contributed by atoms with Crippen molar-refractivity contribution in [3.05, 3.63) is 70.2 Å². The van der Waals surface area contributed by atoms with Crippen LogP contribution in [0.3, 0.4) is 0 Å². The summed E-state index contributed by atoms with van der Waals surface area (Å²) >= 11 is 19.5. The molecule has 0 spiro atoms. The monoisotopic (exact) mass is 466 g/mol. The van der Waals surface area contributed by atoms with Crippen LogP contribution in [0.5, 0.6) is 0 Å². The van der Waals surface area contributed by atoms with Crippen LogP contribution in [-0.2, 0) is 11.3 Å². The molecule has 0 radical (unpaired) electrons. The Morgan fingerprint density at radius 1 is 1.21 bits per heavy atom. The molecule has 0 saturated carbocycles. The number of rotatable bonds is 7. The zero-order chi connectivity index (χ0) is 21.0. The minimum absolute atomic E-state index is 0.268. The average Bonchev–Trinajstić information content (AvgIpc) is 3.07. The van der Waals surface area contributed by atoms with Gasteiger partial charge in [-0.2, -0.15) is 0 Å². The SMILES string of the molecule is C=CCn1c(SC(C)C(=O)Nc2c(Cl)cc(Cl)cc2Cl)nnc1-c1ccccc1. The van der Waals surface area contributed by atoms with Crippen molar-refractivity contribution in [1.82, 2.24) is 14.8 Å². The fourth-order valence-electron chi connectivity index (χ4n) is 2.57. The molecular formula is C20H17Cl3N4OS. The van der Waals surface area contributed by atoms with Gasteiger partial charge in [0.1, 0.15) is 0 Å². The van der Waals surface area contributed by atoms with Crippen molar-refractivity contribution in [2.24, 2.45) is 0 Å². The third-order valence-electron chi connectivity index (χ3n) is 3.97. The van der Waals surface area contributed by atoms with Crippen LogP contribution < -0.4 is 5.32 Å². The fraction of sp³-hybridized carbons (Fsp3) is 0.150. The number of anilines is 1. The van der Waals surface area contributed by atoms with Gasteiger partial charge in [0, 0.05) is 17.1 Å². The lowest BCUT2D eigenvalue weighted by atomic mass is 10.2. The Balaban J connectivity index is 1.80. The number of halogens is 3. The molecule has 2 aromatic carbocycles. The number of carbonyl (C=O) groups is 1. The molecule has 0 bridgehead atoms. The molecule has 3 aromatic rings. The number of hydrogen-bond donors (Lipinski definition) is 1. The summed E-state index contributed by atoms with van der Waals surface area (Å²) in [4.78, 5) is 12.7. The molecule has 1 N–H and O–H groups in total. The first kappa shape index (κ1) is 21.7. The number of hydrogen-bond acceptors (Lipinski definition) is 4. The molecule has 1 amide bonds. The van der Waals surface area contributed by atoms with Gasteiger partial charge < -0.3 is 5.32 Å². The van der Waals surface area contributed by atoms with Crippen LogP contribution in [0.4, 0.5) is 5.69 Å². The zero-order valence-electron chi connectivity index (χ0n) is 15.4. The van der Waals surface area contributed by atoms with Crippen molar-refractivity contribution in [1.29, 1.82) is 0 Å². The smallest absolute Gasteiger partial charge is 0.237 e. The molecule has 1 unspecified atom stereocenters. The van der Waals surface area contributed by atoms with Gasteiger partial charge in [-0.15, -0.1) is 16.8 Å². The van der Waals surface area contributed by atoms with E-state index in [1.54, 1.807) is 13.0 Å². The second-order valence-corrected chi connectivity index (χ2v) is 8.62. The third kappa shape index (κ3) is 5.14. The summed E-state index contributed by atoms with van der Waals surface area (Å²) in [5.41, 5.74) is 1.26. The van der Waals surface area contributed by atoms with Crippen molar-refractivity contribution >= 4 is 58.2 Å². The Labute approximate surface area is 188 Å². The molecule has 0 aliphatic rings. The summed E-state index contributed by atoms with van der Waals surface area (Å²) in [6.07, 6.45) is 1.76. The van der Waals surface area contributed by atoms with E-state index in [4.69, 9.17) is 34.8 Å². The lowest BCUT2D eigenvalue weighted by Crippen LogP contribution is -2.23. The zero-order valence-corrected chi connectivity index (χ0v) is 18.5. The predicted octanol–water partition coefficient (Wildman–Crippen LogP) is 6.21. The van der Waals surface area contributed by atoms with E-state index in [9.17, 15) is 4.79 Å². The molecule has 150 valence electrons. The summed E-state index contributed by atoms with van der Waals surface area (Å²) in [6.45, 7) is 6.09. The minimum atomic E-state index is -0.478. The molecule has 0 fully saturated rings. The Hall–Kier alpha value is -1.99. The van der Waals surface area contributed by atoms with Crippen LogP contribution in [0, 0.1) is 0 Å². The molecule has 1 heterocycles. The first-order chi connectivity index (χ1) is 13.9. The third-order valence-corrected chi connectivity index (χ3v) is 5.86. The van der Waals surface area contributed by atoms with E-state index in [2.05, 4.69) is 22.1 Å². The molecule has 5 nitrogen and oxygen atoms in total. The summed E-state index contributed by atoms with van der Waals surface area (Å²) in [6, 6.07) is 12.8. The van der Waals surface area contributed by atoms with E-state index in [0.29, 0.717) is 28.2 Å². The lowest BCUT2D eigenvalue weighted by molar-refractivity contribution is -0.115. The highest BCUT2D eigenvalue weighted by atomic mass is 35.5. The number of nitrogens with one attached hydrogen (secondary N) is 1. The van der Waals surface area contributed by atoms with Crippen molar-refractivity contribution in [3.63, 3.8) is 0 Å². The maximum atomic E-state index is 12.7. The lowest BCUT2D eigenvalue weighted by Gasteiger charge is -2.14. The quantitative estimate of drug-likeness (QED) is 0.331. The Morgan fingerprint density at radius 3 is 2.48 bits per heavy atom. The standard InChI is InChI=1S/C20H17Cl3N4OS/c1-3-9-27-18(13-7-5-4-6-8-13)25-26-20(27)29-12(2)19(28)24-17-15(22)10-14(21)11-16(17)23/h3-8,10-12H,1,9H2,2H3,(H,24,28). The van der Waals surface area contributed by atoms with Crippen molar-refractivity contribution in [2.45, 2.75) is 23.9 Å². The van der Waals surface area contributed by atoms with E-state index < -0.39 is 5.25 Å². The average molecular weight is 468 g/mol. The highest BCUT2D eigenvalue weighted by molar-refractivity contribution is 8.00. The van der Waals surface area contributed by atoms with Gasteiger partial charge in [-0.1, -0.05) is 83.0 Å². The molecule has 9 heteroatoms. The summed E-state index contributed by atoms with van der Waals surface area (Å²) in [7, 11) is 0. The highest BCUT2D eigenvalue weighted by Gasteiger charge is 2.22. The summed E-state index contributed by atoms with van der Waals surface area (Å²) in [5, 5.41) is 12.4. The molecule has 1 aromatic heterocycles. The van der Waals surface area contributed by atoms with Crippen LogP contribution in [-0.4, -0.2) is 25.9 Å². The van der Waals surface area contributed by atoms with Gasteiger partial charge in [-0.3, -0.25) is 9.36 Å². The topological polar surface area (TPSA) is 59.8 Å². The first-order valence-electron chi connectivity index (χ1n) is 8.62. The molecule has 0 saturated heterocycles. The van der Waals surface area contributed by atoms with Crippen molar-refractivity contribution in [3.8, 4) is 11.4 Å². The van der Waals surface area contributed by atoms with Crippen LogP contribution in [0.15, 0.2) is 60.3 Å². The Morgan fingerprint density at radius 2 is 1.86 bits per heavy atom. The summed E-state index contributed by atoms with van der Waals surface area (Å²) in [5.74, 6) is 0.444.